The number of unbranched alkanes of at least 4 members (excludes halogenated alkanes) is 1. The highest BCUT2D eigenvalue weighted by molar-refractivity contribution is 5.89. The molecule has 1 unspecified atom stereocenters. The number of hydrogen-bond acceptors (Lipinski definition) is 3. The van der Waals surface area contributed by atoms with Gasteiger partial charge >= 0.3 is 12.3 Å². The van der Waals surface area contributed by atoms with Gasteiger partial charge in [0.05, 0.1) is 12.5 Å². The van der Waals surface area contributed by atoms with Crippen molar-refractivity contribution in [2.45, 2.75) is 32.0 Å². The van der Waals surface area contributed by atoms with Crippen molar-refractivity contribution in [3.63, 3.8) is 0 Å². The smallest absolute Gasteiger partial charge is 0.493 e. The monoisotopic (exact) mass is 431 g/mol. The van der Waals surface area contributed by atoms with Gasteiger partial charge in [-0.2, -0.15) is 0 Å². The Labute approximate surface area is 176 Å². The van der Waals surface area contributed by atoms with Crippen molar-refractivity contribution in [3.8, 4) is 23.3 Å². The number of nitrogens with one attached hydrogen (secondary N) is 1. The van der Waals surface area contributed by atoms with E-state index in [2.05, 4.69) is 21.6 Å². The van der Waals surface area contributed by atoms with Gasteiger partial charge in [-0.25, -0.2) is 0 Å². The normalized spacial score (nSPS) is 12.1. The number of hydrogen-bond donors (Lipinski definition) is 2. The molecular weight excluding hydrogens is 411 g/mol. The first-order valence-electron chi connectivity index (χ1n) is 9.54. The van der Waals surface area contributed by atoms with Crippen molar-refractivity contribution < 1.29 is 32.5 Å². The summed E-state index contributed by atoms with van der Waals surface area (Å²) < 4.78 is 45.9. The summed E-state index contributed by atoms with van der Waals surface area (Å²) in [6, 6.07) is 10.8. The molecule has 0 aliphatic carbocycles. The molecule has 0 bridgehead atoms. The molecule has 162 valence electrons. The fourth-order valence-electron chi connectivity index (χ4n) is 2.96. The Balaban J connectivity index is 1.47. The zero-order chi connectivity index (χ0) is 22.4. The molecule has 0 spiro atoms. The van der Waals surface area contributed by atoms with Crippen LogP contribution in [0.3, 0.4) is 0 Å². The lowest BCUT2D eigenvalue weighted by atomic mass is 10.0. The lowest BCUT2D eigenvalue weighted by Crippen LogP contribution is -2.16. The van der Waals surface area contributed by atoms with E-state index < -0.39 is 18.2 Å². The minimum absolute atomic E-state index is 0.282. The quantitative estimate of drug-likeness (QED) is 0.385. The van der Waals surface area contributed by atoms with Gasteiger partial charge in [-0.15, -0.1) is 13.2 Å². The number of H-pyrrole nitrogens is 1. The van der Waals surface area contributed by atoms with E-state index in [-0.39, 0.29) is 5.75 Å². The second-order valence-corrected chi connectivity index (χ2v) is 6.84. The third-order valence-corrected chi connectivity index (χ3v) is 4.56. The number of rotatable bonds is 7. The van der Waals surface area contributed by atoms with Gasteiger partial charge in [-0.3, -0.25) is 4.79 Å². The molecular formula is C23H20F3NO4. The molecule has 3 rings (SSSR count). The van der Waals surface area contributed by atoms with Crippen molar-refractivity contribution in [2.75, 3.05) is 6.61 Å². The first-order chi connectivity index (χ1) is 14.7. The average Bonchev–Trinajstić information content (AvgIpc) is 3.13. The number of aliphatic carboxylic acids is 1. The topological polar surface area (TPSA) is 71.5 Å². The molecule has 0 saturated heterocycles. The van der Waals surface area contributed by atoms with E-state index in [1.807, 2.05) is 12.1 Å². The highest BCUT2D eigenvalue weighted by atomic mass is 19.4. The van der Waals surface area contributed by atoms with Gasteiger partial charge < -0.3 is 19.6 Å². The summed E-state index contributed by atoms with van der Waals surface area (Å²) in [5, 5.41) is 10.0. The molecule has 0 amide bonds. The Bertz CT molecular complexity index is 1110. The van der Waals surface area contributed by atoms with Gasteiger partial charge in [0.15, 0.2) is 0 Å². The van der Waals surface area contributed by atoms with Crippen molar-refractivity contribution in [3.05, 3.63) is 59.8 Å². The number of halogens is 3. The van der Waals surface area contributed by atoms with Gasteiger partial charge in [-0.05, 0) is 55.3 Å². The number of benzene rings is 2. The molecule has 0 aliphatic rings. The summed E-state index contributed by atoms with van der Waals surface area (Å²) in [5.74, 6) is 4.74. The summed E-state index contributed by atoms with van der Waals surface area (Å²) in [5.41, 5.74) is 2.12. The van der Waals surface area contributed by atoms with Crippen LogP contribution >= 0.6 is 0 Å². The van der Waals surface area contributed by atoms with Gasteiger partial charge in [-0.1, -0.05) is 11.8 Å². The van der Waals surface area contributed by atoms with E-state index in [9.17, 15) is 23.1 Å². The van der Waals surface area contributed by atoms with Gasteiger partial charge in [0, 0.05) is 35.2 Å². The maximum Gasteiger partial charge on any atom is 0.573 e. The summed E-state index contributed by atoms with van der Waals surface area (Å²) >= 11 is 0. The second-order valence-electron chi connectivity index (χ2n) is 6.84. The van der Waals surface area contributed by atoms with Crippen molar-refractivity contribution in [1.29, 1.82) is 0 Å². The van der Waals surface area contributed by atoms with E-state index in [0.717, 1.165) is 16.5 Å². The number of carboxylic acids is 1. The number of alkyl halides is 3. The van der Waals surface area contributed by atoms with E-state index >= 15 is 0 Å². The van der Waals surface area contributed by atoms with Crippen LogP contribution in [0.25, 0.3) is 10.9 Å². The molecule has 1 heterocycles. The highest BCUT2D eigenvalue weighted by Crippen LogP contribution is 2.28. The van der Waals surface area contributed by atoms with E-state index in [0.29, 0.717) is 30.8 Å². The van der Waals surface area contributed by atoms with E-state index in [4.69, 9.17) is 4.74 Å². The lowest BCUT2D eigenvalue weighted by molar-refractivity contribution is -0.274. The molecule has 0 aliphatic heterocycles. The van der Waals surface area contributed by atoms with Crippen LogP contribution in [-0.4, -0.2) is 29.0 Å². The lowest BCUT2D eigenvalue weighted by Gasteiger charge is -2.08. The minimum atomic E-state index is -4.71. The van der Waals surface area contributed by atoms with Crippen molar-refractivity contribution >= 4 is 16.9 Å². The average molecular weight is 431 g/mol. The highest BCUT2D eigenvalue weighted by Gasteiger charge is 2.30. The molecule has 2 aromatic carbocycles. The molecule has 0 saturated carbocycles. The van der Waals surface area contributed by atoms with Crippen LogP contribution in [0, 0.1) is 11.8 Å². The Kier molecular flexibility index (Phi) is 6.75. The predicted molar refractivity (Wildman–Crippen MR) is 109 cm³/mol. The Morgan fingerprint density at radius 1 is 1.16 bits per heavy atom. The van der Waals surface area contributed by atoms with Crippen LogP contribution in [0.4, 0.5) is 13.2 Å². The Hall–Kier alpha value is -3.60. The number of ether oxygens (including phenoxy) is 2. The number of aromatic amines is 1. The van der Waals surface area contributed by atoms with E-state index in [1.54, 1.807) is 19.2 Å². The van der Waals surface area contributed by atoms with Crippen LogP contribution in [0.2, 0.25) is 0 Å². The molecule has 1 aromatic heterocycles. The van der Waals surface area contributed by atoms with Gasteiger partial charge in [0.1, 0.15) is 11.5 Å². The molecule has 8 heteroatoms. The summed E-state index contributed by atoms with van der Waals surface area (Å²) in [6.45, 7) is 2.08. The van der Waals surface area contributed by atoms with Crippen LogP contribution in [0.5, 0.6) is 11.5 Å². The van der Waals surface area contributed by atoms with Crippen molar-refractivity contribution in [1.82, 2.24) is 4.98 Å². The molecule has 3 aromatic rings. The third kappa shape index (κ3) is 6.19. The Morgan fingerprint density at radius 3 is 2.55 bits per heavy atom. The van der Waals surface area contributed by atoms with Crippen molar-refractivity contribution in [2.24, 2.45) is 0 Å². The summed E-state index contributed by atoms with van der Waals surface area (Å²) in [6.07, 6.45) is -1.78. The van der Waals surface area contributed by atoms with Gasteiger partial charge in [0.2, 0.25) is 0 Å². The maximum absolute atomic E-state index is 12.1. The first kappa shape index (κ1) is 22.1. The zero-order valence-corrected chi connectivity index (χ0v) is 16.6. The molecule has 2 N–H and O–H groups in total. The Morgan fingerprint density at radius 2 is 1.87 bits per heavy atom. The predicted octanol–water partition coefficient (Wildman–Crippen LogP) is 5.47. The number of carbonyl (C=O) groups is 1. The summed E-state index contributed by atoms with van der Waals surface area (Å²) in [7, 11) is 0. The minimum Gasteiger partial charge on any atom is -0.493 e. The molecule has 31 heavy (non-hydrogen) atoms. The molecule has 0 fully saturated rings. The molecule has 1 atom stereocenters. The van der Waals surface area contributed by atoms with E-state index in [1.165, 1.54) is 24.3 Å². The SMILES string of the molecule is CC(C(=O)O)c1c[nH]c2cc(OCCCC#Cc3ccc(OC(F)(F)F)cc3)ccc12. The zero-order valence-electron chi connectivity index (χ0n) is 16.6. The fourth-order valence-corrected chi connectivity index (χ4v) is 2.96. The largest absolute Gasteiger partial charge is 0.573 e. The second kappa shape index (κ2) is 9.47. The van der Waals surface area contributed by atoms with Crippen LogP contribution in [-0.2, 0) is 4.79 Å². The standard InChI is InChI=1S/C23H20F3NO4/c1-15(22(28)29)20-14-27-21-13-18(10-11-19(20)21)30-12-4-2-3-5-16-6-8-17(9-7-16)31-23(24,25)26/h6-11,13-15,27H,2,4,12H2,1H3,(H,28,29). The number of fused-ring (bicyclic) bond motifs is 1. The van der Waals surface area contributed by atoms with Gasteiger partial charge in [0.25, 0.3) is 0 Å². The number of carboxylic acid groups (broad SMARTS) is 1. The first-order valence-corrected chi connectivity index (χ1v) is 9.54. The fraction of sp³-hybridized carbons (Fsp3) is 0.261. The third-order valence-electron chi connectivity index (χ3n) is 4.56. The number of aromatic nitrogens is 1. The maximum atomic E-state index is 12.1. The summed E-state index contributed by atoms with van der Waals surface area (Å²) in [4.78, 5) is 14.3. The van der Waals surface area contributed by atoms with Crippen LogP contribution in [0.15, 0.2) is 48.7 Å². The molecule has 0 radical (unpaired) electrons. The van der Waals surface area contributed by atoms with Crippen LogP contribution in [0.1, 0.15) is 36.8 Å². The van der Waals surface area contributed by atoms with Crippen LogP contribution < -0.4 is 9.47 Å². The molecule has 5 nitrogen and oxygen atoms in total.